The lowest BCUT2D eigenvalue weighted by Crippen LogP contribution is -2.48. The van der Waals surface area contributed by atoms with Crippen LogP contribution >= 0.6 is 35.3 Å². The van der Waals surface area contributed by atoms with E-state index in [2.05, 4.69) is 64.9 Å². The fraction of sp³-hybridized carbons (Fsp3) is 0.500. The Morgan fingerprint density at radius 3 is 2.52 bits per heavy atom. The maximum absolute atomic E-state index is 6.09. The number of piperidine rings is 1. The highest BCUT2D eigenvalue weighted by Crippen LogP contribution is 2.25. The number of benzene rings is 1. The van der Waals surface area contributed by atoms with Gasteiger partial charge in [-0.2, -0.15) is 0 Å². The number of aliphatic imine (C=N–C) groups is 1. The monoisotopic (exact) mass is 528 g/mol. The van der Waals surface area contributed by atoms with E-state index in [4.69, 9.17) is 4.74 Å². The van der Waals surface area contributed by atoms with Crippen LogP contribution in [0.1, 0.15) is 39.2 Å². The summed E-state index contributed by atoms with van der Waals surface area (Å²) < 4.78 is 6.09. The van der Waals surface area contributed by atoms with E-state index in [9.17, 15) is 0 Å². The molecule has 0 unspecified atom stereocenters. The summed E-state index contributed by atoms with van der Waals surface area (Å²) in [6, 6.07) is 13.0. The normalized spacial score (nSPS) is 15.6. The second-order valence-corrected chi connectivity index (χ2v) is 9.03. The second kappa shape index (κ2) is 11.1. The van der Waals surface area contributed by atoms with Crippen LogP contribution in [-0.2, 0) is 6.54 Å². The minimum atomic E-state index is -0.216. The van der Waals surface area contributed by atoms with Crippen LogP contribution in [0.25, 0.3) is 0 Å². The molecule has 1 aliphatic heterocycles. The largest absolute Gasteiger partial charge is 0.488 e. The van der Waals surface area contributed by atoms with Crippen molar-refractivity contribution < 1.29 is 4.74 Å². The fourth-order valence-corrected chi connectivity index (χ4v) is 4.13. The van der Waals surface area contributed by atoms with Crippen molar-refractivity contribution in [3.63, 3.8) is 0 Å². The third-order valence-corrected chi connectivity index (χ3v) is 5.64. The van der Waals surface area contributed by atoms with Crippen molar-refractivity contribution in [1.82, 2.24) is 10.6 Å². The van der Waals surface area contributed by atoms with Gasteiger partial charge in [0, 0.05) is 38.3 Å². The molecule has 2 heterocycles. The molecule has 0 atom stereocenters. The van der Waals surface area contributed by atoms with Gasteiger partial charge in [-0.1, -0.05) is 18.2 Å². The zero-order chi connectivity index (χ0) is 20.0. The first-order chi connectivity index (χ1) is 13.4. The SMILES string of the molecule is CN=C(NCc1ccccc1OC(C)(C)C)NC1CCN(c2cccs2)CC1.I. The molecule has 1 aromatic carbocycles. The molecular weight excluding hydrogens is 495 g/mol. The first kappa shape index (κ1) is 23.8. The molecular formula is C22H33IN4OS. The molecule has 2 aromatic rings. The zero-order valence-electron chi connectivity index (χ0n) is 17.8. The molecule has 0 bridgehead atoms. The first-order valence-electron chi connectivity index (χ1n) is 9.97. The molecule has 29 heavy (non-hydrogen) atoms. The van der Waals surface area contributed by atoms with Gasteiger partial charge in [0.25, 0.3) is 0 Å². The van der Waals surface area contributed by atoms with Crippen molar-refractivity contribution in [2.45, 2.75) is 51.8 Å². The third-order valence-electron chi connectivity index (χ3n) is 4.71. The summed E-state index contributed by atoms with van der Waals surface area (Å²) in [5, 5.41) is 10.5. The van der Waals surface area contributed by atoms with Crippen molar-refractivity contribution in [2.75, 3.05) is 25.0 Å². The number of rotatable bonds is 5. The van der Waals surface area contributed by atoms with E-state index in [-0.39, 0.29) is 29.6 Å². The standard InChI is InChI=1S/C22H32N4OS.HI/c1-22(2,3)27-19-9-6-5-8-17(19)16-24-21(23-4)25-18-11-13-26(14-12-18)20-10-7-15-28-20;/h5-10,15,18H,11-14,16H2,1-4H3,(H2,23,24,25);1H. The lowest BCUT2D eigenvalue weighted by atomic mass is 10.1. The van der Waals surface area contributed by atoms with Gasteiger partial charge >= 0.3 is 0 Å². The molecule has 3 rings (SSSR count). The molecule has 0 amide bonds. The number of hydrogen-bond acceptors (Lipinski definition) is 4. The van der Waals surface area contributed by atoms with E-state index in [1.54, 1.807) is 0 Å². The van der Waals surface area contributed by atoms with Gasteiger partial charge in [0.2, 0.25) is 0 Å². The van der Waals surface area contributed by atoms with Crippen LogP contribution in [0.4, 0.5) is 5.00 Å². The van der Waals surface area contributed by atoms with E-state index in [0.29, 0.717) is 12.6 Å². The number of ether oxygens (including phenoxy) is 1. The fourth-order valence-electron chi connectivity index (χ4n) is 3.34. The number of guanidine groups is 1. The highest BCUT2D eigenvalue weighted by atomic mass is 127. The van der Waals surface area contributed by atoms with Gasteiger partial charge in [-0.05, 0) is 57.2 Å². The molecule has 1 saturated heterocycles. The summed E-state index contributed by atoms with van der Waals surface area (Å²) >= 11 is 1.82. The molecule has 1 aromatic heterocycles. The lowest BCUT2D eigenvalue weighted by molar-refractivity contribution is 0.129. The van der Waals surface area contributed by atoms with Gasteiger partial charge in [-0.3, -0.25) is 4.99 Å². The van der Waals surface area contributed by atoms with E-state index in [1.165, 1.54) is 5.00 Å². The molecule has 7 heteroatoms. The number of para-hydroxylation sites is 1. The number of thiophene rings is 1. The maximum Gasteiger partial charge on any atom is 0.191 e. The summed E-state index contributed by atoms with van der Waals surface area (Å²) in [6.07, 6.45) is 2.23. The molecule has 0 saturated carbocycles. The van der Waals surface area contributed by atoms with Crippen LogP contribution in [-0.4, -0.2) is 37.7 Å². The number of nitrogens with one attached hydrogen (secondary N) is 2. The van der Waals surface area contributed by atoms with E-state index in [0.717, 1.165) is 43.2 Å². The van der Waals surface area contributed by atoms with E-state index in [1.807, 2.05) is 36.6 Å². The molecule has 2 N–H and O–H groups in total. The van der Waals surface area contributed by atoms with Crippen LogP contribution < -0.4 is 20.3 Å². The van der Waals surface area contributed by atoms with Crippen LogP contribution in [0.15, 0.2) is 46.8 Å². The highest BCUT2D eigenvalue weighted by molar-refractivity contribution is 14.0. The molecule has 0 spiro atoms. The predicted molar refractivity (Wildman–Crippen MR) is 135 cm³/mol. The number of halogens is 1. The quantitative estimate of drug-likeness (QED) is 0.330. The first-order valence-corrected chi connectivity index (χ1v) is 10.8. The van der Waals surface area contributed by atoms with Crippen molar-refractivity contribution >= 4 is 46.3 Å². The zero-order valence-corrected chi connectivity index (χ0v) is 20.9. The summed E-state index contributed by atoms with van der Waals surface area (Å²) in [5.41, 5.74) is 0.917. The van der Waals surface area contributed by atoms with E-state index >= 15 is 0 Å². The average molecular weight is 529 g/mol. The van der Waals surface area contributed by atoms with Gasteiger partial charge in [0.15, 0.2) is 5.96 Å². The summed E-state index contributed by atoms with van der Waals surface area (Å²) in [5.74, 6) is 1.77. The Bertz CT molecular complexity index is 765. The van der Waals surface area contributed by atoms with Crippen LogP contribution in [0.3, 0.4) is 0 Å². The molecule has 1 aliphatic rings. The third kappa shape index (κ3) is 7.37. The van der Waals surface area contributed by atoms with Gasteiger partial charge in [-0.15, -0.1) is 35.3 Å². The van der Waals surface area contributed by atoms with Crippen molar-refractivity contribution in [1.29, 1.82) is 0 Å². The number of anilines is 1. The summed E-state index contributed by atoms with van der Waals surface area (Å²) in [4.78, 5) is 6.88. The molecule has 0 aliphatic carbocycles. The molecule has 1 fully saturated rings. The van der Waals surface area contributed by atoms with Gasteiger partial charge in [0.05, 0.1) is 5.00 Å². The van der Waals surface area contributed by atoms with Gasteiger partial charge in [0.1, 0.15) is 11.4 Å². The van der Waals surface area contributed by atoms with Crippen molar-refractivity contribution in [3.05, 3.63) is 47.3 Å². The molecule has 0 radical (unpaired) electrons. The number of nitrogens with zero attached hydrogens (tertiary/aromatic N) is 2. The Hall–Kier alpha value is -1.48. The Kier molecular flexibility index (Phi) is 9.07. The predicted octanol–water partition coefficient (Wildman–Crippen LogP) is 4.88. The van der Waals surface area contributed by atoms with E-state index < -0.39 is 0 Å². The minimum Gasteiger partial charge on any atom is -0.488 e. The average Bonchev–Trinajstić information content (AvgIpc) is 3.20. The van der Waals surface area contributed by atoms with Crippen LogP contribution in [0.5, 0.6) is 5.75 Å². The highest BCUT2D eigenvalue weighted by Gasteiger charge is 2.21. The molecule has 5 nitrogen and oxygen atoms in total. The van der Waals surface area contributed by atoms with Crippen LogP contribution in [0, 0.1) is 0 Å². The van der Waals surface area contributed by atoms with Crippen molar-refractivity contribution in [2.24, 2.45) is 4.99 Å². The summed E-state index contributed by atoms with van der Waals surface area (Å²) in [6.45, 7) is 9.05. The van der Waals surface area contributed by atoms with Gasteiger partial charge in [-0.25, -0.2) is 0 Å². The maximum atomic E-state index is 6.09. The summed E-state index contributed by atoms with van der Waals surface area (Å²) in [7, 11) is 1.83. The topological polar surface area (TPSA) is 48.9 Å². The minimum absolute atomic E-state index is 0. The van der Waals surface area contributed by atoms with Crippen LogP contribution in [0.2, 0.25) is 0 Å². The number of hydrogen-bond donors (Lipinski definition) is 2. The lowest BCUT2D eigenvalue weighted by Gasteiger charge is -2.33. The molecule has 160 valence electrons. The van der Waals surface area contributed by atoms with Crippen molar-refractivity contribution in [3.8, 4) is 5.75 Å². The Labute approximate surface area is 196 Å². The second-order valence-electron chi connectivity index (χ2n) is 8.10. The van der Waals surface area contributed by atoms with Gasteiger partial charge < -0.3 is 20.3 Å². The Morgan fingerprint density at radius 2 is 1.90 bits per heavy atom. The Morgan fingerprint density at radius 1 is 1.17 bits per heavy atom. The smallest absolute Gasteiger partial charge is 0.191 e. The Balaban J connectivity index is 0.00000300.